The van der Waals surface area contributed by atoms with Crippen LogP contribution in [0.4, 0.5) is 0 Å². The number of benzene rings is 1. The molecular weight excluding hydrogens is 264 g/mol. The Hall–Kier alpha value is -1.78. The highest BCUT2D eigenvalue weighted by Gasteiger charge is 1.99. The van der Waals surface area contributed by atoms with Crippen LogP contribution in [0.2, 0.25) is 0 Å². The topological polar surface area (TPSA) is 37.6 Å². The summed E-state index contributed by atoms with van der Waals surface area (Å²) in [5, 5.41) is 3.37. The van der Waals surface area contributed by atoms with Crippen molar-refractivity contribution in [1.29, 1.82) is 0 Å². The lowest BCUT2D eigenvalue weighted by molar-refractivity contribution is 0.261. The summed E-state index contributed by atoms with van der Waals surface area (Å²) in [5.74, 6) is 2.84. The van der Waals surface area contributed by atoms with Crippen molar-refractivity contribution < 1.29 is 9.15 Å². The van der Waals surface area contributed by atoms with Crippen LogP contribution in [0.1, 0.15) is 17.1 Å². The molecule has 0 saturated carbocycles. The van der Waals surface area contributed by atoms with Gasteiger partial charge in [-0.25, -0.2) is 0 Å². The summed E-state index contributed by atoms with van der Waals surface area (Å²) in [4.78, 5) is 2.11. The first kappa shape index (κ1) is 15.6. The molecule has 21 heavy (non-hydrogen) atoms. The molecule has 1 aromatic heterocycles. The first-order valence-electron chi connectivity index (χ1n) is 7.26. The number of hydrogen-bond acceptors (Lipinski definition) is 4. The van der Waals surface area contributed by atoms with Gasteiger partial charge in [-0.1, -0.05) is 12.1 Å². The predicted octanol–water partition coefficient (Wildman–Crippen LogP) is 2.82. The maximum atomic E-state index is 5.67. The first-order valence-corrected chi connectivity index (χ1v) is 7.26. The largest absolute Gasteiger partial charge is 0.492 e. The molecule has 0 radical (unpaired) electrons. The van der Waals surface area contributed by atoms with Crippen molar-refractivity contribution >= 4 is 0 Å². The number of rotatable bonds is 8. The molecule has 2 aromatic rings. The van der Waals surface area contributed by atoms with Gasteiger partial charge in [0.05, 0.1) is 6.54 Å². The Labute approximate surface area is 126 Å². The van der Waals surface area contributed by atoms with Gasteiger partial charge in [0, 0.05) is 13.1 Å². The number of likely N-dealkylation sites (N-methyl/N-ethyl adjacent to an activating group) is 1. The normalized spacial score (nSPS) is 11.0. The lowest BCUT2D eigenvalue weighted by Gasteiger charge is -2.11. The van der Waals surface area contributed by atoms with Crippen LogP contribution >= 0.6 is 0 Å². The molecule has 0 aliphatic rings. The SMILES string of the molecule is Cc1ccc(CNCc2ccc(OCCN(C)C)cc2)o1. The van der Waals surface area contributed by atoms with Gasteiger partial charge in [-0.15, -0.1) is 0 Å². The summed E-state index contributed by atoms with van der Waals surface area (Å²) in [5.41, 5.74) is 1.23. The van der Waals surface area contributed by atoms with E-state index in [-0.39, 0.29) is 0 Å². The lowest BCUT2D eigenvalue weighted by atomic mass is 10.2. The van der Waals surface area contributed by atoms with E-state index in [9.17, 15) is 0 Å². The van der Waals surface area contributed by atoms with Crippen LogP contribution in [0.15, 0.2) is 40.8 Å². The number of hydrogen-bond donors (Lipinski definition) is 1. The van der Waals surface area contributed by atoms with E-state index >= 15 is 0 Å². The summed E-state index contributed by atoms with van der Waals surface area (Å²) in [7, 11) is 4.08. The zero-order valence-corrected chi connectivity index (χ0v) is 13.1. The molecule has 1 N–H and O–H groups in total. The van der Waals surface area contributed by atoms with Crippen LogP contribution in [0.3, 0.4) is 0 Å². The molecule has 4 nitrogen and oxygen atoms in total. The molecule has 2 rings (SSSR count). The third kappa shape index (κ3) is 5.61. The summed E-state index contributed by atoms with van der Waals surface area (Å²) in [6.45, 7) is 5.15. The maximum Gasteiger partial charge on any atom is 0.119 e. The van der Waals surface area contributed by atoms with Crippen molar-refractivity contribution in [2.45, 2.75) is 20.0 Å². The molecule has 1 aromatic carbocycles. The Bertz CT molecular complexity index is 532. The molecule has 0 aliphatic carbocycles. The molecule has 0 spiro atoms. The van der Waals surface area contributed by atoms with Crippen LogP contribution < -0.4 is 10.1 Å². The van der Waals surface area contributed by atoms with Crippen LogP contribution in [-0.2, 0) is 13.1 Å². The van der Waals surface area contributed by atoms with E-state index in [2.05, 4.69) is 22.3 Å². The molecule has 0 bridgehead atoms. The minimum absolute atomic E-state index is 0.711. The standard InChI is InChI=1S/C17H24N2O2/c1-14-4-7-17(21-14)13-18-12-15-5-8-16(9-6-15)20-11-10-19(2)3/h4-9,18H,10-13H2,1-3H3. The Kier molecular flexibility index (Phi) is 5.84. The van der Waals surface area contributed by atoms with E-state index in [4.69, 9.17) is 9.15 Å². The van der Waals surface area contributed by atoms with Gasteiger partial charge in [0.2, 0.25) is 0 Å². The van der Waals surface area contributed by atoms with Crippen LogP contribution in [0, 0.1) is 6.92 Å². The van der Waals surface area contributed by atoms with E-state index in [1.807, 2.05) is 45.3 Å². The highest BCUT2D eigenvalue weighted by Crippen LogP contribution is 2.12. The van der Waals surface area contributed by atoms with Gasteiger partial charge in [0.1, 0.15) is 23.9 Å². The molecule has 0 saturated heterocycles. The van der Waals surface area contributed by atoms with Crippen LogP contribution in [0.25, 0.3) is 0 Å². The molecule has 114 valence electrons. The quantitative estimate of drug-likeness (QED) is 0.810. The lowest BCUT2D eigenvalue weighted by Crippen LogP contribution is -2.19. The molecule has 0 fully saturated rings. The second kappa shape index (κ2) is 7.86. The molecule has 0 aliphatic heterocycles. The number of ether oxygens (including phenoxy) is 1. The highest BCUT2D eigenvalue weighted by atomic mass is 16.5. The van der Waals surface area contributed by atoms with Crippen molar-refractivity contribution in [3.05, 3.63) is 53.5 Å². The average Bonchev–Trinajstić information content (AvgIpc) is 2.86. The summed E-state index contributed by atoms with van der Waals surface area (Å²) < 4.78 is 11.2. The maximum absolute atomic E-state index is 5.67. The van der Waals surface area contributed by atoms with Gasteiger partial charge < -0.3 is 19.4 Å². The third-order valence-electron chi connectivity index (χ3n) is 3.15. The number of nitrogens with one attached hydrogen (secondary N) is 1. The van der Waals surface area contributed by atoms with Crippen molar-refractivity contribution in [2.24, 2.45) is 0 Å². The monoisotopic (exact) mass is 288 g/mol. The zero-order valence-electron chi connectivity index (χ0n) is 13.1. The fraction of sp³-hybridized carbons (Fsp3) is 0.412. The fourth-order valence-corrected chi connectivity index (χ4v) is 1.96. The highest BCUT2D eigenvalue weighted by molar-refractivity contribution is 5.27. The Morgan fingerprint density at radius 3 is 2.43 bits per heavy atom. The first-order chi connectivity index (χ1) is 10.1. The number of furan rings is 1. The fourth-order valence-electron chi connectivity index (χ4n) is 1.96. The van der Waals surface area contributed by atoms with Gasteiger partial charge in [-0.05, 0) is 50.8 Å². The Balaban J connectivity index is 1.72. The van der Waals surface area contributed by atoms with E-state index in [1.165, 1.54) is 5.56 Å². The van der Waals surface area contributed by atoms with E-state index in [1.54, 1.807) is 0 Å². The molecule has 4 heteroatoms. The minimum atomic E-state index is 0.711. The predicted molar refractivity (Wildman–Crippen MR) is 84.5 cm³/mol. The second-order valence-corrected chi connectivity index (χ2v) is 5.41. The smallest absolute Gasteiger partial charge is 0.119 e. The second-order valence-electron chi connectivity index (χ2n) is 5.41. The van der Waals surface area contributed by atoms with Gasteiger partial charge in [-0.2, -0.15) is 0 Å². The van der Waals surface area contributed by atoms with E-state index in [0.717, 1.165) is 36.9 Å². The van der Waals surface area contributed by atoms with Crippen LogP contribution in [0.5, 0.6) is 5.75 Å². The van der Waals surface area contributed by atoms with E-state index < -0.39 is 0 Å². The van der Waals surface area contributed by atoms with Crippen LogP contribution in [-0.4, -0.2) is 32.1 Å². The molecule has 0 unspecified atom stereocenters. The summed E-state index contributed by atoms with van der Waals surface area (Å²) in [6, 6.07) is 12.2. The van der Waals surface area contributed by atoms with Crippen molar-refractivity contribution in [2.75, 3.05) is 27.2 Å². The Morgan fingerprint density at radius 2 is 1.81 bits per heavy atom. The van der Waals surface area contributed by atoms with Crippen molar-refractivity contribution in [3.63, 3.8) is 0 Å². The molecular formula is C17H24N2O2. The molecule has 0 atom stereocenters. The Morgan fingerprint density at radius 1 is 1.05 bits per heavy atom. The van der Waals surface area contributed by atoms with Gasteiger partial charge in [-0.3, -0.25) is 0 Å². The molecule has 1 heterocycles. The van der Waals surface area contributed by atoms with Crippen molar-refractivity contribution in [3.8, 4) is 5.75 Å². The van der Waals surface area contributed by atoms with Gasteiger partial charge in [0.25, 0.3) is 0 Å². The molecule has 0 amide bonds. The zero-order chi connectivity index (χ0) is 15.1. The van der Waals surface area contributed by atoms with E-state index in [0.29, 0.717) is 6.61 Å². The van der Waals surface area contributed by atoms with Gasteiger partial charge >= 0.3 is 0 Å². The summed E-state index contributed by atoms with van der Waals surface area (Å²) >= 11 is 0. The third-order valence-corrected chi connectivity index (χ3v) is 3.15. The van der Waals surface area contributed by atoms with Gasteiger partial charge in [0.15, 0.2) is 0 Å². The number of aryl methyl sites for hydroxylation is 1. The number of nitrogens with zero attached hydrogens (tertiary/aromatic N) is 1. The average molecular weight is 288 g/mol. The minimum Gasteiger partial charge on any atom is -0.492 e. The summed E-state index contributed by atoms with van der Waals surface area (Å²) in [6.07, 6.45) is 0. The van der Waals surface area contributed by atoms with Crippen molar-refractivity contribution in [1.82, 2.24) is 10.2 Å².